The molecule has 0 saturated carbocycles. The Morgan fingerprint density at radius 2 is 1.68 bits per heavy atom. The first kappa shape index (κ1) is 25.8. The minimum Gasteiger partial charge on any atom is -0.486 e. The highest BCUT2D eigenvalue weighted by Crippen LogP contribution is 2.36. The highest BCUT2D eigenvalue weighted by Gasteiger charge is 2.37. The van der Waals surface area contributed by atoms with Crippen LogP contribution in [0.5, 0.6) is 5.75 Å². The number of carbonyl (C=O) groups excluding carboxylic acids is 3. The maximum absolute atomic E-state index is 13.1. The minimum absolute atomic E-state index is 0.0447. The largest absolute Gasteiger partial charge is 0.486 e. The molecule has 38 heavy (non-hydrogen) atoms. The number of likely N-dealkylation sites (N-methyl/N-ethyl adjacent to an activating group) is 1. The summed E-state index contributed by atoms with van der Waals surface area (Å²) in [6, 6.07) is 15.4. The standard InChI is InChI=1S/C28H24Cl2N4O4/c1-4-23-31-26-21(32(23)2)10-7-11-22(26)38-15-18-19(29)12-13-20(25(18)30)33(3)24(35)14-34-27(36)16-8-5-6-9-17(16)28(34)37/h5-13H,4,14-15H2,1-3H3. The highest BCUT2D eigenvalue weighted by atomic mass is 35.5. The lowest BCUT2D eigenvalue weighted by molar-refractivity contribution is -0.118. The smallest absolute Gasteiger partial charge is 0.262 e. The number of carbonyl (C=O) groups is 3. The number of benzene rings is 3. The van der Waals surface area contributed by atoms with E-state index in [-0.39, 0.29) is 22.8 Å². The van der Waals surface area contributed by atoms with Crippen molar-refractivity contribution < 1.29 is 19.1 Å². The second kappa shape index (κ2) is 10.1. The van der Waals surface area contributed by atoms with E-state index in [2.05, 4.69) is 0 Å². The van der Waals surface area contributed by atoms with Gasteiger partial charge < -0.3 is 14.2 Å². The third kappa shape index (κ3) is 4.29. The van der Waals surface area contributed by atoms with Gasteiger partial charge in [0.05, 0.1) is 27.4 Å². The lowest BCUT2D eigenvalue weighted by Crippen LogP contribution is -2.41. The van der Waals surface area contributed by atoms with Crippen LogP contribution < -0.4 is 9.64 Å². The molecule has 1 aliphatic heterocycles. The Labute approximate surface area is 229 Å². The summed E-state index contributed by atoms with van der Waals surface area (Å²) in [6.45, 7) is 1.66. The van der Waals surface area contributed by atoms with Crippen LogP contribution in [0.3, 0.4) is 0 Å². The number of aryl methyl sites for hydroxylation is 2. The van der Waals surface area contributed by atoms with Crippen molar-refractivity contribution in [2.75, 3.05) is 18.5 Å². The molecule has 0 bridgehead atoms. The Kier molecular flexibility index (Phi) is 6.86. The van der Waals surface area contributed by atoms with Crippen LogP contribution in [0.15, 0.2) is 54.6 Å². The number of imidazole rings is 1. The summed E-state index contributed by atoms with van der Waals surface area (Å²) in [4.78, 5) is 45.4. The Hall–Kier alpha value is -3.88. The third-order valence-corrected chi connectivity index (χ3v) is 7.50. The van der Waals surface area contributed by atoms with E-state index in [1.807, 2.05) is 36.7 Å². The fourth-order valence-corrected chi connectivity index (χ4v) is 5.16. The fourth-order valence-electron chi connectivity index (χ4n) is 4.55. The molecular formula is C28H24Cl2N4O4. The minimum atomic E-state index is -0.501. The molecule has 3 amide bonds. The molecule has 194 valence electrons. The van der Waals surface area contributed by atoms with E-state index < -0.39 is 24.3 Å². The van der Waals surface area contributed by atoms with Gasteiger partial charge in [-0.05, 0) is 36.4 Å². The van der Waals surface area contributed by atoms with Crippen LogP contribution >= 0.6 is 23.2 Å². The van der Waals surface area contributed by atoms with Crippen LogP contribution in [-0.2, 0) is 24.9 Å². The summed E-state index contributed by atoms with van der Waals surface area (Å²) in [5.74, 6) is 0.0378. The van der Waals surface area contributed by atoms with Crippen molar-refractivity contribution in [2.45, 2.75) is 20.0 Å². The van der Waals surface area contributed by atoms with Crippen LogP contribution in [0.4, 0.5) is 5.69 Å². The summed E-state index contributed by atoms with van der Waals surface area (Å²) in [5, 5.41) is 0.612. The van der Waals surface area contributed by atoms with Crippen molar-refractivity contribution in [3.8, 4) is 5.75 Å². The number of hydrogen-bond acceptors (Lipinski definition) is 5. The Morgan fingerprint density at radius 1 is 1.00 bits per heavy atom. The Balaban J connectivity index is 1.36. The molecule has 0 spiro atoms. The predicted molar refractivity (Wildman–Crippen MR) is 146 cm³/mol. The fraction of sp³-hybridized carbons (Fsp3) is 0.214. The van der Waals surface area contributed by atoms with Crippen LogP contribution in [0.2, 0.25) is 10.0 Å². The summed E-state index contributed by atoms with van der Waals surface area (Å²) in [5.41, 5.74) is 3.12. The first-order chi connectivity index (χ1) is 18.2. The van der Waals surface area contributed by atoms with Gasteiger partial charge in [0.25, 0.3) is 11.8 Å². The van der Waals surface area contributed by atoms with Crippen molar-refractivity contribution in [1.82, 2.24) is 14.5 Å². The predicted octanol–water partition coefficient (Wildman–Crippen LogP) is 5.28. The summed E-state index contributed by atoms with van der Waals surface area (Å²) < 4.78 is 8.13. The lowest BCUT2D eigenvalue weighted by atomic mass is 10.1. The number of nitrogens with zero attached hydrogens (tertiary/aromatic N) is 4. The molecule has 1 aromatic heterocycles. The SMILES string of the molecule is CCc1nc2c(OCc3c(Cl)ccc(N(C)C(=O)CN4C(=O)c5ccccc5C4=O)c3Cl)cccc2n1C. The number of fused-ring (bicyclic) bond motifs is 2. The number of halogens is 2. The molecule has 1 aliphatic rings. The van der Waals surface area contributed by atoms with Gasteiger partial charge >= 0.3 is 0 Å². The van der Waals surface area contributed by atoms with Gasteiger partial charge in [-0.25, -0.2) is 4.98 Å². The molecule has 3 aromatic carbocycles. The van der Waals surface area contributed by atoms with E-state index >= 15 is 0 Å². The zero-order valence-electron chi connectivity index (χ0n) is 21.0. The van der Waals surface area contributed by atoms with Gasteiger partial charge in [-0.3, -0.25) is 19.3 Å². The Morgan fingerprint density at radius 3 is 2.34 bits per heavy atom. The second-order valence-corrected chi connectivity index (χ2v) is 9.69. The van der Waals surface area contributed by atoms with E-state index in [0.717, 1.165) is 28.2 Å². The first-order valence-corrected chi connectivity index (χ1v) is 12.7. The molecule has 0 unspecified atom stereocenters. The number of anilines is 1. The van der Waals surface area contributed by atoms with Crippen LogP contribution in [-0.4, -0.2) is 45.8 Å². The second-order valence-electron chi connectivity index (χ2n) is 8.91. The third-order valence-electron chi connectivity index (χ3n) is 6.73. The molecule has 0 radical (unpaired) electrons. The van der Waals surface area contributed by atoms with Gasteiger partial charge in [0, 0.05) is 31.1 Å². The maximum atomic E-state index is 13.1. The highest BCUT2D eigenvalue weighted by molar-refractivity contribution is 6.38. The molecule has 2 heterocycles. The van der Waals surface area contributed by atoms with Gasteiger partial charge in [0.2, 0.25) is 5.91 Å². The lowest BCUT2D eigenvalue weighted by Gasteiger charge is -2.23. The van der Waals surface area contributed by atoms with Crippen LogP contribution in [0.1, 0.15) is 39.0 Å². The molecule has 0 saturated heterocycles. The molecule has 0 N–H and O–H groups in total. The van der Waals surface area contributed by atoms with Gasteiger partial charge in [-0.2, -0.15) is 0 Å². The monoisotopic (exact) mass is 550 g/mol. The molecule has 10 heteroatoms. The summed E-state index contributed by atoms with van der Waals surface area (Å²) >= 11 is 13.2. The topological polar surface area (TPSA) is 84.7 Å². The van der Waals surface area contributed by atoms with Gasteiger partial charge in [-0.15, -0.1) is 0 Å². The number of amides is 3. The van der Waals surface area contributed by atoms with Crippen molar-refractivity contribution >= 4 is 57.6 Å². The summed E-state index contributed by atoms with van der Waals surface area (Å²) in [7, 11) is 3.49. The molecule has 0 aliphatic carbocycles. The normalized spacial score (nSPS) is 12.8. The summed E-state index contributed by atoms with van der Waals surface area (Å²) in [6.07, 6.45) is 0.783. The van der Waals surface area contributed by atoms with E-state index in [4.69, 9.17) is 32.9 Å². The number of para-hydroxylation sites is 1. The first-order valence-electron chi connectivity index (χ1n) is 12.0. The quantitative estimate of drug-likeness (QED) is 0.292. The number of hydrogen-bond donors (Lipinski definition) is 0. The van der Waals surface area contributed by atoms with Gasteiger partial charge in [0.1, 0.15) is 30.2 Å². The van der Waals surface area contributed by atoms with E-state index in [9.17, 15) is 14.4 Å². The van der Waals surface area contributed by atoms with Crippen molar-refractivity contribution in [1.29, 1.82) is 0 Å². The van der Waals surface area contributed by atoms with E-state index in [1.165, 1.54) is 11.9 Å². The Bertz CT molecular complexity index is 1580. The molecule has 5 rings (SSSR count). The van der Waals surface area contributed by atoms with Gasteiger partial charge in [-0.1, -0.05) is 48.3 Å². The molecule has 0 fully saturated rings. The van der Waals surface area contributed by atoms with Crippen LogP contribution in [0, 0.1) is 0 Å². The zero-order chi connectivity index (χ0) is 27.1. The number of ether oxygens (including phenoxy) is 1. The van der Waals surface area contributed by atoms with Crippen LogP contribution in [0.25, 0.3) is 11.0 Å². The zero-order valence-corrected chi connectivity index (χ0v) is 22.5. The molecular weight excluding hydrogens is 527 g/mol. The number of rotatable bonds is 7. The average molecular weight is 551 g/mol. The number of aromatic nitrogens is 2. The number of imide groups is 1. The molecule has 8 nitrogen and oxygen atoms in total. The maximum Gasteiger partial charge on any atom is 0.262 e. The van der Waals surface area contributed by atoms with Gasteiger partial charge in [0.15, 0.2) is 0 Å². The van der Waals surface area contributed by atoms with Crippen molar-refractivity contribution in [3.05, 3.63) is 87.2 Å². The molecule has 0 atom stereocenters. The van der Waals surface area contributed by atoms with E-state index in [0.29, 0.717) is 22.0 Å². The van der Waals surface area contributed by atoms with Crippen molar-refractivity contribution in [3.63, 3.8) is 0 Å². The van der Waals surface area contributed by atoms with E-state index in [1.54, 1.807) is 36.4 Å². The average Bonchev–Trinajstić information content (AvgIpc) is 3.37. The van der Waals surface area contributed by atoms with Crippen molar-refractivity contribution in [2.24, 2.45) is 7.05 Å². The molecule has 4 aromatic rings.